The Bertz CT molecular complexity index is 1040. The number of anilines is 3. The van der Waals surface area contributed by atoms with Crippen molar-refractivity contribution in [1.82, 2.24) is 25.1 Å². The first-order valence-corrected chi connectivity index (χ1v) is 12.3. The van der Waals surface area contributed by atoms with Crippen LogP contribution in [0.25, 0.3) is 10.2 Å². The van der Waals surface area contributed by atoms with Gasteiger partial charge in [0.15, 0.2) is 0 Å². The van der Waals surface area contributed by atoms with E-state index in [1.165, 1.54) is 54.4 Å². The van der Waals surface area contributed by atoms with E-state index in [2.05, 4.69) is 25.7 Å². The van der Waals surface area contributed by atoms with Gasteiger partial charge in [-0.1, -0.05) is 0 Å². The Hall–Kier alpha value is -2.23. The average molecular weight is 440 g/mol. The zero-order chi connectivity index (χ0) is 20.6. The second-order valence-electron chi connectivity index (χ2n) is 8.84. The highest BCUT2D eigenvalue weighted by Gasteiger charge is 2.29. The molecule has 0 spiro atoms. The second kappa shape index (κ2) is 8.37. The first-order chi connectivity index (χ1) is 15.3. The van der Waals surface area contributed by atoms with Gasteiger partial charge in [0.25, 0.3) is 0 Å². The fourth-order valence-electron chi connectivity index (χ4n) is 5.33. The number of nitrogens with zero attached hydrogens (tertiary/aromatic N) is 4. The Labute approximate surface area is 185 Å². The van der Waals surface area contributed by atoms with Crippen molar-refractivity contribution in [3.8, 4) is 0 Å². The summed E-state index contributed by atoms with van der Waals surface area (Å²) < 4.78 is 5.53. The third-order valence-corrected chi connectivity index (χ3v) is 8.10. The molecular weight excluding hydrogens is 410 g/mol. The van der Waals surface area contributed by atoms with Crippen LogP contribution in [0.3, 0.4) is 0 Å². The number of rotatable bonds is 5. The number of morpholine rings is 1. The summed E-state index contributed by atoms with van der Waals surface area (Å²) in [6.07, 6.45) is 12.0. The van der Waals surface area contributed by atoms with Gasteiger partial charge in [0.1, 0.15) is 10.6 Å². The number of thiophene rings is 1. The van der Waals surface area contributed by atoms with Crippen molar-refractivity contribution in [2.75, 3.05) is 36.9 Å². The standard InChI is InChI=1S/C22H29N7OS/c1-2-17-18(3-1)31-21-19(17)20(27-22(28-21)26-15-12-23-24-13-15)25-14-4-6-16(7-5-14)29-8-10-30-11-9-29/h12-14,16H,1-11H2,(H,23,24)(H2,25,26,27,28). The topological polar surface area (TPSA) is 91.0 Å². The molecule has 6 rings (SSSR count). The summed E-state index contributed by atoms with van der Waals surface area (Å²) in [5, 5.41) is 15.2. The predicted molar refractivity (Wildman–Crippen MR) is 123 cm³/mol. The number of nitrogens with one attached hydrogen (secondary N) is 3. The van der Waals surface area contributed by atoms with Gasteiger partial charge < -0.3 is 15.4 Å². The summed E-state index contributed by atoms with van der Waals surface area (Å²) in [5.74, 6) is 1.64. The molecule has 2 aliphatic carbocycles. The van der Waals surface area contributed by atoms with Crippen LogP contribution in [0.4, 0.5) is 17.5 Å². The minimum Gasteiger partial charge on any atom is -0.379 e. The van der Waals surface area contributed by atoms with Gasteiger partial charge in [0.05, 0.1) is 30.5 Å². The summed E-state index contributed by atoms with van der Waals surface area (Å²) in [4.78, 5) is 15.0. The maximum Gasteiger partial charge on any atom is 0.230 e. The summed E-state index contributed by atoms with van der Waals surface area (Å²) >= 11 is 1.84. The summed E-state index contributed by atoms with van der Waals surface area (Å²) in [6.45, 7) is 3.93. The molecule has 0 aromatic carbocycles. The van der Waals surface area contributed by atoms with Gasteiger partial charge in [-0.25, -0.2) is 4.98 Å². The number of fused-ring (bicyclic) bond motifs is 3. The summed E-state index contributed by atoms with van der Waals surface area (Å²) in [5.41, 5.74) is 2.35. The van der Waals surface area contributed by atoms with Gasteiger partial charge in [-0.3, -0.25) is 10.00 Å². The van der Waals surface area contributed by atoms with Crippen LogP contribution < -0.4 is 10.6 Å². The first-order valence-electron chi connectivity index (χ1n) is 11.5. The van der Waals surface area contributed by atoms with Crippen LogP contribution in [0.2, 0.25) is 0 Å². The van der Waals surface area contributed by atoms with Crippen molar-refractivity contribution in [1.29, 1.82) is 0 Å². The van der Waals surface area contributed by atoms with Crippen LogP contribution in [0.15, 0.2) is 12.4 Å². The minimum absolute atomic E-state index is 0.467. The van der Waals surface area contributed by atoms with Crippen molar-refractivity contribution >= 4 is 39.0 Å². The quantitative estimate of drug-likeness (QED) is 0.558. The van der Waals surface area contributed by atoms with Crippen molar-refractivity contribution in [3.63, 3.8) is 0 Å². The molecule has 0 bridgehead atoms. The molecule has 8 nitrogen and oxygen atoms in total. The van der Waals surface area contributed by atoms with E-state index in [9.17, 15) is 0 Å². The predicted octanol–water partition coefficient (Wildman–Crippen LogP) is 3.70. The Balaban J connectivity index is 1.23. The third kappa shape index (κ3) is 3.90. The van der Waals surface area contributed by atoms with Gasteiger partial charge in [-0.15, -0.1) is 11.3 Å². The maximum atomic E-state index is 5.53. The van der Waals surface area contributed by atoms with Gasteiger partial charge in [0.2, 0.25) is 5.95 Å². The third-order valence-electron chi connectivity index (χ3n) is 6.92. The zero-order valence-corrected chi connectivity index (χ0v) is 18.5. The lowest BCUT2D eigenvalue weighted by Gasteiger charge is -2.39. The average Bonchev–Trinajstić information content (AvgIpc) is 3.53. The molecule has 3 aromatic rings. The molecule has 0 unspecified atom stereocenters. The Morgan fingerprint density at radius 1 is 1.10 bits per heavy atom. The Morgan fingerprint density at radius 3 is 2.77 bits per heavy atom. The number of aryl methyl sites for hydroxylation is 2. The summed E-state index contributed by atoms with van der Waals surface area (Å²) in [7, 11) is 0. The summed E-state index contributed by atoms with van der Waals surface area (Å²) in [6, 6.07) is 1.17. The Kier molecular flexibility index (Phi) is 5.25. The van der Waals surface area contributed by atoms with E-state index in [1.807, 2.05) is 17.5 Å². The van der Waals surface area contributed by atoms with Gasteiger partial charge in [-0.2, -0.15) is 10.1 Å². The molecule has 2 fully saturated rings. The normalized spacial score (nSPS) is 24.4. The van der Waals surface area contributed by atoms with Crippen LogP contribution in [0.1, 0.15) is 42.5 Å². The largest absolute Gasteiger partial charge is 0.379 e. The van der Waals surface area contributed by atoms with Crippen molar-refractivity contribution in [2.24, 2.45) is 0 Å². The molecule has 1 saturated heterocycles. The molecule has 0 atom stereocenters. The lowest BCUT2D eigenvalue weighted by atomic mass is 9.90. The molecule has 3 N–H and O–H groups in total. The van der Waals surface area contributed by atoms with Gasteiger partial charge >= 0.3 is 0 Å². The molecule has 0 radical (unpaired) electrons. The van der Waals surface area contributed by atoms with Crippen molar-refractivity contribution in [2.45, 2.75) is 57.0 Å². The van der Waals surface area contributed by atoms with E-state index in [0.717, 1.165) is 49.1 Å². The molecule has 1 saturated carbocycles. The molecule has 9 heteroatoms. The molecule has 3 aliphatic rings. The minimum atomic E-state index is 0.467. The fraction of sp³-hybridized carbons (Fsp3) is 0.591. The van der Waals surface area contributed by atoms with Crippen molar-refractivity contribution < 1.29 is 4.74 Å². The lowest BCUT2D eigenvalue weighted by Crippen LogP contribution is -2.46. The number of hydrogen-bond donors (Lipinski definition) is 3. The maximum absolute atomic E-state index is 5.53. The number of aromatic nitrogens is 4. The molecule has 3 aromatic heterocycles. The van der Waals surface area contributed by atoms with Gasteiger partial charge in [0, 0.05) is 36.2 Å². The van der Waals surface area contributed by atoms with E-state index >= 15 is 0 Å². The van der Waals surface area contributed by atoms with E-state index in [0.29, 0.717) is 18.0 Å². The smallest absolute Gasteiger partial charge is 0.230 e. The second-order valence-corrected chi connectivity index (χ2v) is 9.93. The highest BCUT2D eigenvalue weighted by atomic mass is 32.1. The first kappa shape index (κ1) is 19.5. The number of H-pyrrole nitrogens is 1. The number of ether oxygens (including phenoxy) is 1. The molecule has 4 heterocycles. The van der Waals surface area contributed by atoms with E-state index in [-0.39, 0.29) is 0 Å². The van der Waals surface area contributed by atoms with E-state index in [4.69, 9.17) is 14.7 Å². The van der Waals surface area contributed by atoms with E-state index in [1.54, 1.807) is 6.20 Å². The molecule has 1 aliphatic heterocycles. The SMILES string of the molecule is c1n[nH]cc1Nc1nc(NC2CCC(N3CCOCC3)CC2)c2c3c(sc2n1)CCC3. The fourth-order valence-corrected chi connectivity index (χ4v) is 6.59. The van der Waals surface area contributed by atoms with Crippen molar-refractivity contribution in [3.05, 3.63) is 22.8 Å². The van der Waals surface area contributed by atoms with E-state index < -0.39 is 0 Å². The highest BCUT2D eigenvalue weighted by molar-refractivity contribution is 7.19. The molecule has 164 valence electrons. The molecular formula is C22H29N7OS. The van der Waals surface area contributed by atoms with Crippen LogP contribution in [0.5, 0.6) is 0 Å². The number of hydrogen-bond acceptors (Lipinski definition) is 8. The van der Waals surface area contributed by atoms with Crippen LogP contribution in [-0.4, -0.2) is 63.5 Å². The van der Waals surface area contributed by atoms with Crippen LogP contribution >= 0.6 is 11.3 Å². The number of aromatic amines is 1. The highest BCUT2D eigenvalue weighted by Crippen LogP contribution is 2.41. The zero-order valence-electron chi connectivity index (χ0n) is 17.7. The molecule has 0 amide bonds. The Morgan fingerprint density at radius 2 is 1.97 bits per heavy atom. The van der Waals surface area contributed by atoms with Crippen LogP contribution in [0, 0.1) is 0 Å². The monoisotopic (exact) mass is 439 g/mol. The lowest BCUT2D eigenvalue weighted by molar-refractivity contribution is 0.00791. The molecule has 31 heavy (non-hydrogen) atoms. The van der Waals surface area contributed by atoms with Crippen LogP contribution in [-0.2, 0) is 17.6 Å². The van der Waals surface area contributed by atoms with Gasteiger partial charge in [-0.05, 0) is 50.5 Å².